The van der Waals surface area contributed by atoms with E-state index in [-0.39, 0.29) is 4.90 Å². The number of aryl methyl sites for hydroxylation is 1. The maximum absolute atomic E-state index is 12.8. The number of para-hydroxylation sites is 1. The Morgan fingerprint density at radius 1 is 0.929 bits per heavy atom. The fourth-order valence-electron chi connectivity index (χ4n) is 3.09. The molecule has 0 unspecified atom stereocenters. The number of nitrogens with zero attached hydrogens (tertiary/aromatic N) is 1. The van der Waals surface area contributed by atoms with Crippen LogP contribution in [0.5, 0.6) is 5.75 Å². The number of rotatable bonds is 7. The minimum Gasteiger partial charge on any atom is -0.497 e. The van der Waals surface area contributed by atoms with E-state index in [1.54, 1.807) is 44.4 Å². The average Bonchev–Trinajstić information content (AvgIpc) is 2.70. The van der Waals surface area contributed by atoms with Gasteiger partial charge in [-0.15, -0.1) is 0 Å². The van der Waals surface area contributed by atoms with Crippen LogP contribution >= 0.6 is 0 Å². The number of hydrogen-bond donors (Lipinski definition) is 1. The first-order valence-electron chi connectivity index (χ1n) is 9.04. The minimum atomic E-state index is -3.68. The van der Waals surface area contributed by atoms with Crippen molar-refractivity contribution in [1.29, 1.82) is 0 Å². The molecule has 0 aliphatic heterocycles. The van der Waals surface area contributed by atoms with Crippen molar-refractivity contribution in [2.24, 2.45) is 0 Å². The zero-order valence-corrected chi connectivity index (χ0v) is 17.0. The molecule has 5 nitrogen and oxygen atoms in total. The lowest BCUT2D eigenvalue weighted by Gasteiger charge is -2.23. The van der Waals surface area contributed by atoms with Gasteiger partial charge in [0.1, 0.15) is 5.75 Å². The Morgan fingerprint density at radius 2 is 1.57 bits per heavy atom. The van der Waals surface area contributed by atoms with E-state index in [4.69, 9.17) is 4.74 Å². The van der Waals surface area contributed by atoms with Crippen LogP contribution in [-0.4, -0.2) is 22.1 Å². The molecule has 0 amide bonds. The van der Waals surface area contributed by atoms with Gasteiger partial charge in [-0.05, 0) is 74.0 Å². The van der Waals surface area contributed by atoms with Crippen molar-refractivity contribution < 1.29 is 13.2 Å². The first-order chi connectivity index (χ1) is 13.4. The van der Waals surface area contributed by atoms with Crippen LogP contribution in [0.4, 0.5) is 17.1 Å². The molecule has 0 atom stereocenters. The molecule has 0 saturated heterocycles. The Hall–Kier alpha value is -2.99. The molecule has 3 aromatic rings. The Bertz CT molecular complexity index is 1030. The normalized spacial score (nSPS) is 11.1. The lowest BCUT2D eigenvalue weighted by molar-refractivity contribution is 0.414. The third kappa shape index (κ3) is 4.28. The van der Waals surface area contributed by atoms with Gasteiger partial charge in [-0.25, -0.2) is 8.42 Å². The molecule has 0 aliphatic rings. The summed E-state index contributed by atoms with van der Waals surface area (Å²) < 4.78 is 33.3. The number of ether oxygens (including phenoxy) is 1. The van der Waals surface area contributed by atoms with E-state index in [1.165, 1.54) is 0 Å². The molecule has 146 valence electrons. The second kappa shape index (κ2) is 8.35. The van der Waals surface area contributed by atoms with E-state index < -0.39 is 10.0 Å². The minimum absolute atomic E-state index is 0.233. The lowest BCUT2D eigenvalue weighted by atomic mass is 10.2. The van der Waals surface area contributed by atoms with Crippen LogP contribution in [0.1, 0.15) is 12.5 Å². The van der Waals surface area contributed by atoms with Gasteiger partial charge in [-0.1, -0.05) is 18.2 Å². The highest BCUT2D eigenvalue weighted by molar-refractivity contribution is 7.92. The van der Waals surface area contributed by atoms with Crippen molar-refractivity contribution >= 4 is 27.1 Å². The van der Waals surface area contributed by atoms with Gasteiger partial charge < -0.3 is 9.64 Å². The van der Waals surface area contributed by atoms with Crippen LogP contribution in [0.15, 0.2) is 77.7 Å². The van der Waals surface area contributed by atoms with Gasteiger partial charge in [0.2, 0.25) is 0 Å². The van der Waals surface area contributed by atoms with Crippen molar-refractivity contribution in [3.63, 3.8) is 0 Å². The third-order valence-corrected chi connectivity index (χ3v) is 6.03. The Balaban J connectivity index is 1.82. The van der Waals surface area contributed by atoms with Crippen LogP contribution in [0.2, 0.25) is 0 Å². The van der Waals surface area contributed by atoms with E-state index in [2.05, 4.69) is 16.5 Å². The molecule has 6 heteroatoms. The summed E-state index contributed by atoms with van der Waals surface area (Å²) in [6.45, 7) is 4.63. The number of benzene rings is 3. The summed E-state index contributed by atoms with van der Waals surface area (Å²) >= 11 is 0. The Labute approximate surface area is 166 Å². The summed E-state index contributed by atoms with van der Waals surface area (Å²) in [5, 5.41) is 0. The molecule has 3 rings (SSSR count). The summed E-state index contributed by atoms with van der Waals surface area (Å²) in [4.78, 5) is 2.39. The van der Waals surface area contributed by atoms with Crippen LogP contribution < -0.4 is 14.4 Å². The van der Waals surface area contributed by atoms with Crippen LogP contribution in [0.3, 0.4) is 0 Å². The zero-order chi connectivity index (χ0) is 20.1. The topological polar surface area (TPSA) is 58.6 Å². The molecule has 1 N–H and O–H groups in total. The van der Waals surface area contributed by atoms with Crippen LogP contribution in [0, 0.1) is 6.92 Å². The first-order valence-corrected chi connectivity index (χ1v) is 10.5. The second-order valence-corrected chi connectivity index (χ2v) is 8.01. The number of nitrogens with one attached hydrogen (secondary N) is 1. The van der Waals surface area contributed by atoms with Crippen molar-refractivity contribution in [1.82, 2.24) is 0 Å². The SMILES string of the molecule is CCN(c1ccccc1)c1ccc(NS(=O)(=O)c2ccc(OC)cc2C)cc1. The molecule has 0 aliphatic carbocycles. The molecular weight excluding hydrogens is 372 g/mol. The molecule has 3 aromatic carbocycles. The molecular formula is C22H24N2O3S. The van der Waals surface area contributed by atoms with Gasteiger partial charge in [0.25, 0.3) is 10.0 Å². The molecule has 0 saturated carbocycles. The highest BCUT2D eigenvalue weighted by Crippen LogP contribution is 2.28. The number of anilines is 3. The summed E-state index contributed by atoms with van der Waals surface area (Å²) in [7, 11) is -2.13. The summed E-state index contributed by atoms with van der Waals surface area (Å²) in [5.41, 5.74) is 3.23. The highest BCUT2D eigenvalue weighted by atomic mass is 32.2. The quantitative estimate of drug-likeness (QED) is 0.613. The predicted octanol–water partition coefficient (Wildman–Crippen LogP) is 4.96. The molecule has 0 fully saturated rings. The molecule has 0 spiro atoms. The van der Waals surface area contributed by atoms with Gasteiger partial charge in [0, 0.05) is 23.6 Å². The lowest BCUT2D eigenvalue weighted by Crippen LogP contribution is -2.16. The van der Waals surface area contributed by atoms with Gasteiger partial charge in [-0.3, -0.25) is 4.72 Å². The largest absolute Gasteiger partial charge is 0.497 e. The van der Waals surface area contributed by atoms with Crippen molar-refractivity contribution in [3.8, 4) is 5.75 Å². The summed E-state index contributed by atoms with van der Waals surface area (Å²) in [6.07, 6.45) is 0. The van der Waals surface area contributed by atoms with Crippen molar-refractivity contribution in [2.45, 2.75) is 18.7 Å². The van der Waals surface area contributed by atoms with Crippen molar-refractivity contribution in [3.05, 3.63) is 78.4 Å². The standard InChI is InChI=1S/C22H24N2O3S/c1-4-24(19-8-6-5-7-9-19)20-12-10-18(11-13-20)23-28(25,26)22-15-14-21(27-3)16-17(22)2/h5-16,23H,4H2,1-3H3. The van der Waals surface area contributed by atoms with Gasteiger partial charge in [-0.2, -0.15) is 0 Å². The van der Waals surface area contributed by atoms with Gasteiger partial charge in [0.05, 0.1) is 12.0 Å². The van der Waals surface area contributed by atoms with Gasteiger partial charge in [0.15, 0.2) is 0 Å². The summed E-state index contributed by atoms with van der Waals surface area (Å²) in [5.74, 6) is 0.626. The van der Waals surface area contributed by atoms with E-state index >= 15 is 0 Å². The first kappa shape index (κ1) is 19.8. The smallest absolute Gasteiger partial charge is 0.262 e. The molecule has 28 heavy (non-hydrogen) atoms. The van der Waals surface area contributed by atoms with E-state index in [1.807, 2.05) is 42.5 Å². The van der Waals surface area contributed by atoms with E-state index in [9.17, 15) is 8.42 Å². The van der Waals surface area contributed by atoms with Crippen LogP contribution in [-0.2, 0) is 10.0 Å². The Morgan fingerprint density at radius 3 is 2.14 bits per heavy atom. The van der Waals surface area contributed by atoms with Crippen LogP contribution in [0.25, 0.3) is 0 Å². The number of sulfonamides is 1. The van der Waals surface area contributed by atoms with E-state index in [0.29, 0.717) is 17.0 Å². The third-order valence-electron chi connectivity index (χ3n) is 4.49. The summed E-state index contributed by atoms with van der Waals surface area (Å²) in [6, 6.07) is 22.4. The predicted molar refractivity (Wildman–Crippen MR) is 114 cm³/mol. The molecule has 0 bridgehead atoms. The molecule has 0 heterocycles. The fourth-order valence-corrected chi connectivity index (χ4v) is 4.38. The van der Waals surface area contributed by atoms with Gasteiger partial charge >= 0.3 is 0 Å². The number of hydrogen-bond acceptors (Lipinski definition) is 4. The second-order valence-electron chi connectivity index (χ2n) is 6.36. The highest BCUT2D eigenvalue weighted by Gasteiger charge is 2.17. The fraction of sp³-hybridized carbons (Fsp3) is 0.182. The monoisotopic (exact) mass is 396 g/mol. The maximum Gasteiger partial charge on any atom is 0.262 e. The van der Waals surface area contributed by atoms with Crippen molar-refractivity contribution in [2.75, 3.05) is 23.3 Å². The Kier molecular flexibility index (Phi) is 5.90. The average molecular weight is 397 g/mol. The maximum atomic E-state index is 12.8. The zero-order valence-electron chi connectivity index (χ0n) is 16.2. The number of methoxy groups -OCH3 is 1. The van der Waals surface area contributed by atoms with E-state index in [0.717, 1.165) is 17.9 Å². The molecule has 0 radical (unpaired) electrons. The molecule has 0 aromatic heterocycles.